The van der Waals surface area contributed by atoms with Crippen molar-refractivity contribution in [3.63, 3.8) is 0 Å². The highest BCUT2D eigenvalue weighted by atomic mass is 16.6. The summed E-state index contributed by atoms with van der Waals surface area (Å²) in [5.74, 6) is -0.881. The summed E-state index contributed by atoms with van der Waals surface area (Å²) in [5.41, 5.74) is 0. The molecule has 1 aliphatic rings. The summed E-state index contributed by atoms with van der Waals surface area (Å²) < 4.78 is 9.44. The van der Waals surface area contributed by atoms with Crippen molar-refractivity contribution in [3.8, 4) is 0 Å². The van der Waals surface area contributed by atoms with Crippen LogP contribution in [0.2, 0.25) is 0 Å². The monoisotopic (exact) mass is 158 g/mol. The van der Waals surface area contributed by atoms with Gasteiger partial charge in [0.25, 0.3) is 0 Å². The van der Waals surface area contributed by atoms with Crippen molar-refractivity contribution in [2.24, 2.45) is 0 Å². The van der Waals surface area contributed by atoms with E-state index in [-0.39, 0.29) is 6.10 Å². The van der Waals surface area contributed by atoms with E-state index in [2.05, 4.69) is 4.74 Å². The molecule has 0 aliphatic carbocycles. The minimum absolute atomic E-state index is 0.133. The van der Waals surface area contributed by atoms with Crippen LogP contribution in [0.3, 0.4) is 0 Å². The molecule has 0 aromatic rings. The summed E-state index contributed by atoms with van der Waals surface area (Å²) in [7, 11) is 0. The summed E-state index contributed by atoms with van der Waals surface area (Å²) in [6, 6.07) is 0. The van der Waals surface area contributed by atoms with Crippen molar-refractivity contribution < 1.29 is 19.1 Å². The lowest BCUT2D eigenvalue weighted by Crippen LogP contribution is -2.20. The molecule has 0 saturated carbocycles. The molecule has 1 heterocycles. The highest BCUT2D eigenvalue weighted by Crippen LogP contribution is 2.16. The Morgan fingerprint density at radius 1 is 1.73 bits per heavy atom. The van der Waals surface area contributed by atoms with E-state index in [9.17, 15) is 9.59 Å². The van der Waals surface area contributed by atoms with Crippen molar-refractivity contribution in [3.05, 3.63) is 0 Å². The van der Waals surface area contributed by atoms with Crippen LogP contribution in [0.4, 0.5) is 0 Å². The lowest BCUT2D eigenvalue weighted by Gasteiger charge is -2.03. The maximum Gasteiger partial charge on any atom is 0.347 e. The quantitative estimate of drug-likeness (QED) is 0.513. The van der Waals surface area contributed by atoms with Gasteiger partial charge in [0.2, 0.25) is 6.10 Å². The van der Waals surface area contributed by atoms with Crippen molar-refractivity contribution in [1.29, 1.82) is 0 Å². The number of carbonyl (C=O) groups is 2. The fourth-order valence-corrected chi connectivity index (χ4v) is 1.02. The molecule has 0 spiro atoms. The molecular formula is C7H10O4. The third-order valence-corrected chi connectivity index (χ3v) is 1.43. The Balaban J connectivity index is 2.47. The van der Waals surface area contributed by atoms with Crippen molar-refractivity contribution in [1.82, 2.24) is 0 Å². The Kier molecular flexibility index (Phi) is 2.12. The standard InChI is InChI=1S/C7H10O4/c1-4-3-6(7(9)10-4)11-5(2)8/h4,6H,3H2,1-2H3/t4-,6-/m0/s1. The summed E-state index contributed by atoms with van der Waals surface area (Å²) in [5, 5.41) is 0. The molecule has 2 atom stereocenters. The summed E-state index contributed by atoms with van der Waals surface area (Å²) in [4.78, 5) is 21.2. The molecule has 0 aromatic carbocycles. The molecule has 0 radical (unpaired) electrons. The Morgan fingerprint density at radius 2 is 2.36 bits per heavy atom. The van der Waals surface area contributed by atoms with Gasteiger partial charge in [0.15, 0.2) is 0 Å². The van der Waals surface area contributed by atoms with E-state index in [1.165, 1.54) is 6.92 Å². The highest BCUT2D eigenvalue weighted by Gasteiger charge is 2.34. The number of carbonyl (C=O) groups excluding carboxylic acids is 2. The zero-order valence-electron chi connectivity index (χ0n) is 6.49. The van der Waals surface area contributed by atoms with Gasteiger partial charge in [-0.3, -0.25) is 4.79 Å². The predicted molar refractivity (Wildman–Crippen MR) is 35.7 cm³/mol. The van der Waals surface area contributed by atoms with Crippen molar-refractivity contribution in [2.75, 3.05) is 0 Å². The van der Waals surface area contributed by atoms with E-state index < -0.39 is 18.0 Å². The Hall–Kier alpha value is -1.06. The Labute approximate surface area is 64.5 Å². The number of cyclic esters (lactones) is 1. The molecule has 1 fully saturated rings. The topological polar surface area (TPSA) is 52.6 Å². The third-order valence-electron chi connectivity index (χ3n) is 1.43. The van der Waals surface area contributed by atoms with E-state index in [1.54, 1.807) is 6.92 Å². The lowest BCUT2D eigenvalue weighted by atomic mass is 10.2. The molecule has 0 bridgehead atoms. The molecule has 62 valence electrons. The van der Waals surface area contributed by atoms with E-state index in [1.807, 2.05) is 0 Å². The highest BCUT2D eigenvalue weighted by molar-refractivity contribution is 5.80. The van der Waals surface area contributed by atoms with Gasteiger partial charge >= 0.3 is 11.9 Å². The van der Waals surface area contributed by atoms with Gasteiger partial charge in [-0.05, 0) is 6.92 Å². The maximum absolute atomic E-state index is 10.8. The average Bonchev–Trinajstić information content (AvgIpc) is 2.09. The van der Waals surface area contributed by atoms with Gasteiger partial charge in [-0.2, -0.15) is 0 Å². The fraction of sp³-hybridized carbons (Fsp3) is 0.714. The number of ether oxygens (including phenoxy) is 2. The second-order valence-electron chi connectivity index (χ2n) is 2.58. The van der Waals surface area contributed by atoms with Crippen LogP contribution in [-0.2, 0) is 19.1 Å². The minimum atomic E-state index is -0.678. The molecular weight excluding hydrogens is 148 g/mol. The molecule has 1 rings (SSSR count). The van der Waals surface area contributed by atoms with Crippen LogP contribution in [0.15, 0.2) is 0 Å². The Bertz CT molecular complexity index is 187. The summed E-state index contributed by atoms with van der Waals surface area (Å²) in [6.45, 7) is 3.04. The van der Waals surface area contributed by atoms with Gasteiger partial charge in [0, 0.05) is 13.3 Å². The minimum Gasteiger partial charge on any atom is -0.460 e. The van der Waals surface area contributed by atoms with E-state index in [0.29, 0.717) is 6.42 Å². The van der Waals surface area contributed by atoms with Crippen LogP contribution in [0.25, 0.3) is 0 Å². The second-order valence-corrected chi connectivity index (χ2v) is 2.58. The SMILES string of the molecule is CC(=O)O[C@H]1C[C@H](C)OC1=O. The van der Waals surface area contributed by atoms with E-state index in [4.69, 9.17) is 4.74 Å². The van der Waals surface area contributed by atoms with Crippen LogP contribution in [-0.4, -0.2) is 24.1 Å². The van der Waals surface area contributed by atoms with Gasteiger partial charge in [-0.25, -0.2) is 4.79 Å². The first-order chi connectivity index (χ1) is 5.09. The molecule has 1 aliphatic heterocycles. The average molecular weight is 158 g/mol. The van der Waals surface area contributed by atoms with Gasteiger partial charge in [-0.15, -0.1) is 0 Å². The largest absolute Gasteiger partial charge is 0.460 e. The van der Waals surface area contributed by atoms with Crippen LogP contribution in [0.1, 0.15) is 20.3 Å². The third kappa shape index (κ3) is 1.93. The van der Waals surface area contributed by atoms with Gasteiger partial charge in [0.05, 0.1) is 0 Å². The first-order valence-corrected chi connectivity index (χ1v) is 3.47. The zero-order valence-corrected chi connectivity index (χ0v) is 6.49. The molecule has 0 aromatic heterocycles. The van der Waals surface area contributed by atoms with Gasteiger partial charge in [-0.1, -0.05) is 0 Å². The van der Waals surface area contributed by atoms with Crippen LogP contribution < -0.4 is 0 Å². The summed E-state index contributed by atoms with van der Waals surface area (Å²) in [6.07, 6.45) is -0.340. The van der Waals surface area contributed by atoms with Crippen LogP contribution in [0, 0.1) is 0 Å². The van der Waals surface area contributed by atoms with Crippen LogP contribution >= 0.6 is 0 Å². The van der Waals surface area contributed by atoms with Crippen molar-refractivity contribution in [2.45, 2.75) is 32.5 Å². The molecule has 4 heteroatoms. The first kappa shape index (κ1) is 8.04. The molecule has 4 nitrogen and oxygen atoms in total. The maximum atomic E-state index is 10.8. The molecule has 0 amide bonds. The number of hydrogen-bond acceptors (Lipinski definition) is 4. The van der Waals surface area contributed by atoms with Crippen LogP contribution in [0.5, 0.6) is 0 Å². The summed E-state index contributed by atoms with van der Waals surface area (Å²) >= 11 is 0. The second kappa shape index (κ2) is 2.90. The first-order valence-electron chi connectivity index (χ1n) is 3.47. The molecule has 0 unspecified atom stereocenters. The number of rotatable bonds is 1. The zero-order chi connectivity index (χ0) is 8.43. The smallest absolute Gasteiger partial charge is 0.347 e. The van der Waals surface area contributed by atoms with Gasteiger partial charge in [0.1, 0.15) is 6.10 Å². The Morgan fingerprint density at radius 3 is 2.73 bits per heavy atom. The van der Waals surface area contributed by atoms with Crippen molar-refractivity contribution >= 4 is 11.9 Å². The van der Waals surface area contributed by atoms with Gasteiger partial charge < -0.3 is 9.47 Å². The lowest BCUT2D eigenvalue weighted by molar-refractivity contribution is -0.159. The molecule has 0 N–H and O–H groups in total. The molecule has 1 saturated heterocycles. The molecule has 11 heavy (non-hydrogen) atoms. The van der Waals surface area contributed by atoms with E-state index in [0.717, 1.165) is 0 Å². The number of esters is 2. The predicted octanol–water partition coefficient (Wildman–Crippen LogP) is 0.254. The number of hydrogen-bond donors (Lipinski definition) is 0. The normalized spacial score (nSPS) is 29.8. The fourth-order valence-electron chi connectivity index (χ4n) is 1.02. The van der Waals surface area contributed by atoms with E-state index >= 15 is 0 Å².